The molecular weight excluding hydrogens is 401 g/mol. The molecule has 4 heterocycles. The lowest BCUT2D eigenvalue weighted by molar-refractivity contribution is -0.142. The summed E-state index contributed by atoms with van der Waals surface area (Å²) in [7, 11) is 0. The number of ether oxygens (including phenoxy) is 1. The molecule has 7 nitrogen and oxygen atoms in total. The van der Waals surface area contributed by atoms with Crippen LogP contribution in [-0.4, -0.2) is 47.9 Å². The van der Waals surface area contributed by atoms with Crippen LogP contribution in [0.2, 0.25) is 0 Å². The number of nitrogens with zero attached hydrogens (tertiary/aromatic N) is 1. The summed E-state index contributed by atoms with van der Waals surface area (Å²) in [5.74, 6) is -2.06. The smallest absolute Gasteiger partial charge is 0.235 e. The van der Waals surface area contributed by atoms with Gasteiger partial charge in [0.25, 0.3) is 0 Å². The number of carbonyl (C=O) groups is 3. The zero-order valence-electron chi connectivity index (χ0n) is 15.8. The number of fused-ring (bicyclic) bond motifs is 6. The Morgan fingerprint density at radius 2 is 1.90 bits per heavy atom. The van der Waals surface area contributed by atoms with Crippen LogP contribution >= 0.6 is 12.4 Å². The molecule has 2 N–H and O–H groups in total. The van der Waals surface area contributed by atoms with Gasteiger partial charge < -0.3 is 15.4 Å². The van der Waals surface area contributed by atoms with Crippen molar-refractivity contribution in [3.63, 3.8) is 0 Å². The van der Waals surface area contributed by atoms with Crippen molar-refractivity contribution in [1.29, 1.82) is 0 Å². The van der Waals surface area contributed by atoms with E-state index in [-0.39, 0.29) is 66.9 Å². The topological polar surface area (TPSA) is 87.7 Å². The largest absolute Gasteiger partial charge is 0.373 e. The molecule has 4 aliphatic rings. The molecule has 3 saturated heterocycles. The minimum Gasteiger partial charge on any atom is -0.373 e. The van der Waals surface area contributed by atoms with Crippen LogP contribution in [0.1, 0.15) is 30.4 Å². The van der Waals surface area contributed by atoms with Gasteiger partial charge in [-0.15, -0.1) is 12.4 Å². The Balaban J connectivity index is 0.00000205. The van der Waals surface area contributed by atoms with Crippen molar-refractivity contribution in [2.75, 3.05) is 18.4 Å². The number of imide groups is 1. The Labute approximate surface area is 173 Å². The molecule has 3 fully saturated rings. The quantitative estimate of drug-likeness (QED) is 0.714. The van der Waals surface area contributed by atoms with E-state index in [4.69, 9.17) is 4.74 Å². The van der Waals surface area contributed by atoms with Gasteiger partial charge in [-0.05, 0) is 43.0 Å². The molecule has 0 aromatic heterocycles. The van der Waals surface area contributed by atoms with Crippen molar-refractivity contribution in [3.8, 4) is 0 Å². The van der Waals surface area contributed by atoms with Crippen molar-refractivity contribution < 1.29 is 23.5 Å². The highest BCUT2D eigenvalue weighted by Gasteiger charge is 2.62. The van der Waals surface area contributed by atoms with E-state index in [9.17, 15) is 18.8 Å². The standard InChI is InChI=1S/C20H22FN3O4.ClH/c21-18-11-5-7-22-9-10(11)1-2-12(18)23-15(25)6-8-24-19(26)16-13-3-4-14(28-13)17(16)20(24)27;/h1-2,13-14,16-17,22H,3-9H2,(H,23,25);1H. The zero-order chi connectivity index (χ0) is 19.4. The van der Waals surface area contributed by atoms with Crippen LogP contribution < -0.4 is 10.6 Å². The minimum atomic E-state index is -0.412. The molecule has 4 unspecified atom stereocenters. The first-order valence-corrected chi connectivity index (χ1v) is 9.86. The molecule has 4 aliphatic heterocycles. The molecule has 2 bridgehead atoms. The Morgan fingerprint density at radius 1 is 1.21 bits per heavy atom. The van der Waals surface area contributed by atoms with Gasteiger partial charge in [0.05, 0.1) is 29.7 Å². The van der Waals surface area contributed by atoms with Gasteiger partial charge >= 0.3 is 0 Å². The fourth-order valence-corrected chi connectivity index (χ4v) is 5.05. The van der Waals surface area contributed by atoms with E-state index in [2.05, 4.69) is 10.6 Å². The van der Waals surface area contributed by atoms with E-state index < -0.39 is 11.7 Å². The number of rotatable bonds is 4. The predicted molar refractivity (Wildman–Crippen MR) is 104 cm³/mol. The van der Waals surface area contributed by atoms with Gasteiger partial charge in [-0.1, -0.05) is 6.07 Å². The highest BCUT2D eigenvalue weighted by atomic mass is 35.5. The van der Waals surface area contributed by atoms with Crippen molar-refractivity contribution in [3.05, 3.63) is 29.1 Å². The van der Waals surface area contributed by atoms with Gasteiger partial charge in [0, 0.05) is 19.5 Å². The van der Waals surface area contributed by atoms with E-state index in [0.717, 1.165) is 18.4 Å². The van der Waals surface area contributed by atoms with Crippen LogP contribution in [0.15, 0.2) is 12.1 Å². The monoisotopic (exact) mass is 423 g/mol. The molecule has 0 spiro atoms. The fourth-order valence-electron chi connectivity index (χ4n) is 5.05. The number of benzene rings is 1. The van der Waals surface area contributed by atoms with Crippen LogP contribution in [-0.2, 0) is 32.1 Å². The number of carbonyl (C=O) groups excluding carboxylic acids is 3. The molecule has 1 aromatic rings. The molecule has 29 heavy (non-hydrogen) atoms. The summed E-state index contributed by atoms with van der Waals surface area (Å²) < 4.78 is 20.4. The van der Waals surface area contributed by atoms with Crippen molar-refractivity contribution in [2.45, 2.75) is 44.4 Å². The van der Waals surface area contributed by atoms with E-state index in [0.29, 0.717) is 25.1 Å². The van der Waals surface area contributed by atoms with E-state index in [1.807, 2.05) is 6.07 Å². The van der Waals surface area contributed by atoms with Gasteiger partial charge in [-0.3, -0.25) is 19.3 Å². The second-order valence-corrected chi connectivity index (χ2v) is 7.96. The summed E-state index contributed by atoms with van der Waals surface area (Å²) >= 11 is 0. The molecule has 0 radical (unpaired) electrons. The SMILES string of the molecule is Cl.O=C(CCN1C(=O)C2C3CCC(O3)C2C1=O)Nc1ccc2c(c1F)CCNC2. The summed E-state index contributed by atoms with van der Waals surface area (Å²) in [6.45, 7) is 1.34. The van der Waals surface area contributed by atoms with Gasteiger partial charge in [0.2, 0.25) is 17.7 Å². The van der Waals surface area contributed by atoms with Crippen LogP contribution in [0.3, 0.4) is 0 Å². The summed E-state index contributed by atoms with van der Waals surface area (Å²) in [4.78, 5) is 38.7. The van der Waals surface area contributed by atoms with Crippen LogP contribution in [0.25, 0.3) is 0 Å². The predicted octanol–water partition coefficient (Wildman–Crippen LogP) is 1.38. The van der Waals surface area contributed by atoms with Crippen LogP contribution in [0.5, 0.6) is 0 Å². The summed E-state index contributed by atoms with van der Waals surface area (Å²) in [6, 6.07) is 3.37. The van der Waals surface area contributed by atoms with Gasteiger partial charge in [-0.25, -0.2) is 4.39 Å². The average molecular weight is 424 g/mol. The van der Waals surface area contributed by atoms with Crippen molar-refractivity contribution in [1.82, 2.24) is 10.2 Å². The lowest BCUT2D eigenvalue weighted by atomic mass is 9.81. The van der Waals surface area contributed by atoms with E-state index >= 15 is 0 Å². The van der Waals surface area contributed by atoms with Crippen molar-refractivity contribution in [2.24, 2.45) is 11.8 Å². The lowest BCUT2D eigenvalue weighted by Crippen LogP contribution is -2.36. The number of hydrogen-bond acceptors (Lipinski definition) is 5. The minimum absolute atomic E-state index is 0. The van der Waals surface area contributed by atoms with E-state index in [1.54, 1.807) is 6.07 Å². The third-order valence-electron chi connectivity index (χ3n) is 6.42. The highest BCUT2D eigenvalue weighted by molar-refractivity contribution is 6.06. The Kier molecular flexibility index (Phi) is 5.35. The second kappa shape index (κ2) is 7.66. The maximum Gasteiger partial charge on any atom is 0.235 e. The number of anilines is 1. The van der Waals surface area contributed by atoms with Crippen LogP contribution in [0.4, 0.5) is 10.1 Å². The van der Waals surface area contributed by atoms with Gasteiger partial charge in [-0.2, -0.15) is 0 Å². The number of nitrogens with one attached hydrogen (secondary N) is 2. The third-order valence-corrected chi connectivity index (χ3v) is 6.42. The van der Waals surface area contributed by atoms with Crippen LogP contribution in [0, 0.1) is 17.7 Å². The fraction of sp³-hybridized carbons (Fsp3) is 0.550. The zero-order valence-corrected chi connectivity index (χ0v) is 16.6. The second-order valence-electron chi connectivity index (χ2n) is 7.96. The lowest BCUT2D eigenvalue weighted by Gasteiger charge is -2.20. The summed E-state index contributed by atoms with van der Waals surface area (Å²) in [5.41, 5.74) is 1.68. The summed E-state index contributed by atoms with van der Waals surface area (Å²) in [5, 5.41) is 5.77. The molecule has 0 aliphatic carbocycles. The first-order chi connectivity index (χ1) is 13.5. The maximum absolute atomic E-state index is 14.7. The molecule has 0 saturated carbocycles. The molecule has 4 atom stereocenters. The molecule has 5 rings (SSSR count). The van der Waals surface area contributed by atoms with Gasteiger partial charge in [0.15, 0.2) is 0 Å². The molecular formula is C20H23ClFN3O4. The number of likely N-dealkylation sites (tertiary alicyclic amines) is 1. The number of halogens is 2. The third kappa shape index (κ3) is 3.23. The van der Waals surface area contributed by atoms with E-state index in [1.165, 1.54) is 4.90 Å². The first kappa shape index (κ1) is 20.3. The maximum atomic E-state index is 14.7. The Bertz CT molecular complexity index is 852. The average Bonchev–Trinajstić information content (AvgIpc) is 3.37. The molecule has 156 valence electrons. The van der Waals surface area contributed by atoms with Gasteiger partial charge in [0.1, 0.15) is 5.82 Å². The first-order valence-electron chi connectivity index (χ1n) is 9.86. The molecule has 1 aromatic carbocycles. The molecule has 3 amide bonds. The number of amides is 3. The Morgan fingerprint density at radius 3 is 2.59 bits per heavy atom. The highest BCUT2D eigenvalue weighted by Crippen LogP contribution is 2.48. The van der Waals surface area contributed by atoms with Crippen molar-refractivity contribution >= 4 is 35.8 Å². The molecule has 9 heteroatoms. The number of hydrogen-bond donors (Lipinski definition) is 2. The summed E-state index contributed by atoms with van der Waals surface area (Å²) in [6.07, 6.45) is 1.83. The normalized spacial score (nSPS) is 29.5. The Hall–Kier alpha value is -2.03.